The predicted octanol–water partition coefficient (Wildman–Crippen LogP) is 4.25. The predicted molar refractivity (Wildman–Crippen MR) is 85.1 cm³/mol. The van der Waals surface area contributed by atoms with Crippen LogP contribution in [-0.2, 0) is 0 Å². The standard InChI is InChI=1S/C11H6BrCl2N5S/c12-10-16-7(5-2-1-4(13)3-6(5)14)8(20-10)9-17-11(15)19-18-9/h1-3H,(H3,15,17,18,19). The van der Waals surface area contributed by atoms with Crippen LogP contribution < -0.4 is 5.73 Å². The Morgan fingerprint density at radius 3 is 2.70 bits per heavy atom. The zero-order chi connectivity index (χ0) is 14.3. The van der Waals surface area contributed by atoms with Crippen LogP contribution in [0.5, 0.6) is 0 Å². The van der Waals surface area contributed by atoms with E-state index in [0.717, 1.165) is 10.4 Å². The molecule has 0 radical (unpaired) electrons. The van der Waals surface area contributed by atoms with Gasteiger partial charge in [0.2, 0.25) is 5.95 Å². The number of nitrogens with one attached hydrogen (secondary N) is 1. The van der Waals surface area contributed by atoms with Crippen molar-refractivity contribution in [2.75, 3.05) is 5.73 Å². The minimum absolute atomic E-state index is 0.178. The molecule has 3 aromatic rings. The number of H-pyrrole nitrogens is 1. The lowest BCUT2D eigenvalue weighted by molar-refractivity contribution is 1.10. The summed E-state index contributed by atoms with van der Waals surface area (Å²) in [6.45, 7) is 0. The van der Waals surface area contributed by atoms with Crippen LogP contribution >= 0.6 is 50.5 Å². The molecule has 0 atom stereocenters. The van der Waals surface area contributed by atoms with E-state index in [1.807, 2.05) is 6.07 Å². The van der Waals surface area contributed by atoms with E-state index in [1.54, 1.807) is 12.1 Å². The average Bonchev–Trinajstić information content (AvgIpc) is 2.95. The molecule has 0 aliphatic rings. The second-order valence-electron chi connectivity index (χ2n) is 3.81. The smallest absolute Gasteiger partial charge is 0.239 e. The number of halogens is 3. The van der Waals surface area contributed by atoms with Crippen LogP contribution in [0.2, 0.25) is 10.0 Å². The highest BCUT2D eigenvalue weighted by Gasteiger charge is 2.19. The first-order chi connectivity index (χ1) is 9.54. The van der Waals surface area contributed by atoms with Crippen molar-refractivity contribution in [3.8, 4) is 22.0 Å². The lowest BCUT2D eigenvalue weighted by atomic mass is 10.1. The number of aromatic amines is 1. The summed E-state index contributed by atoms with van der Waals surface area (Å²) in [5.41, 5.74) is 7.00. The second-order valence-corrected chi connectivity index (χ2v) is 6.93. The third-order valence-electron chi connectivity index (χ3n) is 2.51. The maximum absolute atomic E-state index is 6.23. The zero-order valence-corrected chi connectivity index (χ0v) is 13.6. The first-order valence-corrected chi connectivity index (χ1v) is 7.71. The number of hydrogen-bond acceptors (Lipinski definition) is 5. The molecule has 2 heterocycles. The van der Waals surface area contributed by atoms with Crippen molar-refractivity contribution in [1.82, 2.24) is 20.2 Å². The SMILES string of the molecule is Nc1n[nH]c(-c2sc(Br)nc2-c2ccc(Cl)cc2Cl)n1. The maximum Gasteiger partial charge on any atom is 0.239 e. The van der Waals surface area contributed by atoms with Gasteiger partial charge in [-0.15, -0.1) is 16.4 Å². The monoisotopic (exact) mass is 389 g/mol. The number of aromatic nitrogens is 4. The van der Waals surface area contributed by atoms with E-state index in [-0.39, 0.29) is 5.95 Å². The maximum atomic E-state index is 6.23. The Hall–Kier alpha value is -1.15. The highest BCUT2D eigenvalue weighted by atomic mass is 79.9. The summed E-state index contributed by atoms with van der Waals surface area (Å²) < 4.78 is 0.712. The molecular formula is C11H6BrCl2N5S. The molecule has 3 rings (SSSR count). The molecule has 20 heavy (non-hydrogen) atoms. The fourth-order valence-corrected chi connectivity index (χ4v) is 3.60. The normalized spacial score (nSPS) is 10.9. The molecule has 3 N–H and O–H groups in total. The fraction of sp³-hybridized carbons (Fsp3) is 0. The number of nitrogens with two attached hydrogens (primary N) is 1. The number of hydrogen-bond donors (Lipinski definition) is 2. The van der Waals surface area contributed by atoms with Crippen LogP contribution in [0.25, 0.3) is 22.0 Å². The van der Waals surface area contributed by atoms with E-state index >= 15 is 0 Å². The third kappa shape index (κ3) is 2.54. The molecule has 0 fully saturated rings. The van der Waals surface area contributed by atoms with Gasteiger partial charge in [0.05, 0.1) is 10.7 Å². The van der Waals surface area contributed by atoms with Gasteiger partial charge in [0.15, 0.2) is 9.74 Å². The van der Waals surface area contributed by atoms with Crippen molar-refractivity contribution in [3.63, 3.8) is 0 Å². The molecule has 0 amide bonds. The Labute approximate surface area is 136 Å². The van der Waals surface area contributed by atoms with E-state index in [1.165, 1.54) is 11.3 Å². The van der Waals surface area contributed by atoms with E-state index in [9.17, 15) is 0 Å². The molecule has 0 bridgehead atoms. The van der Waals surface area contributed by atoms with Gasteiger partial charge in [-0.2, -0.15) is 4.98 Å². The molecule has 0 saturated heterocycles. The molecule has 9 heteroatoms. The van der Waals surface area contributed by atoms with E-state index in [2.05, 4.69) is 36.1 Å². The molecule has 0 aliphatic heterocycles. The summed E-state index contributed by atoms with van der Waals surface area (Å²) in [6.07, 6.45) is 0. The summed E-state index contributed by atoms with van der Waals surface area (Å²) in [7, 11) is 0. The number of rotatable bonds is 2. The van der Waals surface area contributed by atoms with Gasteiger partial charge in [-0.1, -0.05) is 23.2 Å². The summed E-state index contributed by atoms with van der Waals surface area (Å²) in [4.78, 5) is 9.35. The molecule has 0 spiro atoms. The Balaban J connectivity index is 2.19. The quantitative estimate of drug-likeness (QED) is 0.685. The van der Waals surface area contributed by atoms with Gasteiger partial charge in [-0.3, -0.25) is 5.10 Å². The molecule has 0 aliphatic carbocycles. The van der Waals surface area contributed by atoms with Crippen molar-refractivity contribution in [2.45, 2.75) is 0 Å². The van der Waals surface area contributed by atoms with Crippen molar-refractivity contribution in [3.05, 3.63) is 32.2 Å². The lowest BCUT2D eigenvalue weighted by Crippen LogP contribution is -1.86. The van der Waals surface area contributed by atoms with E-state index in [4.69, 9.17) is 28.9 Å². The molecule has 102 valence electrons. The van der Waals surface area contributed by atoms with Crippen LogP contribution in [-0.4, -0.2) is 20.2 Å². The summed E-state index contributed by atoms with van der Waals surface area (Å²) >= 11 is 16.9. The van der Waals surface area contributed by atoms with Gasteiger partial charge >= 0.3 is 0 Å². The molecule has 2 aromatic heterocycles. The minimum Gasteiger partial charge on any atom is -0.366 e. The Kier molecular flexibility index (Phi) is 3.68. The number of nitrogens with zero attached hydrogens (tertiary/aromatic N) is 3. The van der Waals surface area contributed by atoms with Crippen LogP contribution in [0.4, 0.5) is 5.95 Å². The van der Waals surface area contributed by atoms with Gasteiger partial charge in [-0.25, -0.2) is 4.98 Å². The van der Waals surface area contributed by atoms with Gasteiger partial charge in [0, 0.05) is 10.6 Å². The topological polar surface area (TPSA) is 80.5 Å². The van der Waals surface area contributed by atoms with Crippen molar-refractivity contribution in [2.24, 2.45) is 0 Å². The second kappa shape index (κ2) is 5.33. The molecular weight excluding hydrogens is 385 g/mol. The van der Waals surface area contributed by atoms with Crippen LogP contribution in [0.15, 0.2) is 22.1 Å². The Morgan fingerprint density at radius 2 is 2.05 bits per heavy atom. The molecule has 0 unspecified atom stereocenters. The first kappa shape index (κ1) is 13.8. The zero-order valence-electron chi connectivity index (χ0n) is 9.69. The molecule has 5 nitrogen and oxygen atoms in total. The highest BCUT2D eigenvalue weighted by molar-refractivity contribution is 9.11. The molecule has 1 aromatic carbocycles. The van der Waals surface area contributed by atoms with Gasteiger partial charge in [-0.05, 0) is 34.1 Å². The summed E-state index contributed by atoms with van der Waals surface area (Å²) in [5.74, 6) is 0.726. The Bertz CT molecular complexity index is 785. The largest absolute Gasteiger partial charge is 0.366 e. The van der Waals surface area contributed by atoms with Gasteiger partial charge in [0.25, 0.3) is 0 Å². The summed E-state index contributed by atoms with van der Waals surface area (Å²) in [5, 5.41) is 7.68. The van der Waals surface area contributed by atoms with Gasteiger partial charge < -0.3 is 5.73 Å². The van der Waals surface area contributed by atoms with Crippen molar-refractivity contribution < 1.29 is 0 Å². The van der Waals surface area contributed by atoms with E-state index < -0.39 is 0 Å². The van der Waals surface area contributed by atoms with Crippen LogP contribution in [0, 0.1) is 0 Å². The number of benzene rings is 1. The number of thiazole rings is 1. The van der Waals surface area contributed by atoms with Crippen molar-refractivity contribution >= 4 is 56.4 Å². The highest BCUT2D eigenvalue weighted by Crippen LogP contribution is 2.40. The van der Waals surface area contributed by atoms with Crippen molar-refractivity contribution in [1.29, 1.82) is 0 Å². The van der Waals surface area contributed by atoms with Gasteiger partial charge in [0.1, 0.15) is 4.88 Å². The Morgan fingerprint density at radius 1 is 1.25 bits per heavy atom. The number of nitrogen functional groups attached to an aromatic ring is 1. The minimum atomic E-state index is 0.178. The lowest BCUT2D eigenvalue weighted by Gasteiger charge is -2.03. The first-order valence-electron chi connectivity index (χ1n) is 5.34. The van der Waals surface area contributed by atoms with E-state index in [0.29, 0.717) is 25.5 Å². The van der Waals surface area contributed by atoms with Crippen LogP contribution in [0.3, 0.4) is 0 Å². The molecule has 0 saturated carbocycles. The average molecular weight is 391 g/mol. The number of anilines is 1. The van der Waals surface area contributed by atoms with Crippen LogP contribution in [0.1, 0.15) is 0 Å². The fourth-order valence-electron chi connectivity index (χ4n) is 1.69. The summed E-state index contributed by atoms with van der Waals surface area (Å²) in [6, 6.07) is 5.24. The third-order valence-corrected chi connectivity index (χ3v) is 4.57.